The van der Waals surface area contributed by atoms with Crippen LogP contribution in [0, 0.1) is 5.82 Å². The highest BCUT2D eigenvalue weighted by Gasteiger charge is 2.11. The van der Waals surface area contributed by atoms with E-state index in [0.29, 0.717) is 17.4 Å². The van der Waals surface area contributed by atoms with Crippen LogP contribution in [0.5, 0.6) is 17.4 Å². The summed E-state index contributed by atoms with van der Waals surface area (Å²) >= 11 is 0. The second-order valence-corrected chi connectivity index (χ2v) is 6.61. The predicted molar refractivity (Wildman–Crippen MR) is 113 cm³/mol. The van der Waals surface area contributed by atoms with Crippen LogP contribution in [0.1, 0.15) is 0 Å². The molecule has 2 heterocycles. The molecule has 10 heteroatoms. The number of amides is 1. The summed E-state index contributed by atoms with van der Waals surface area (Å²) in [4.78, 5) is 11.9. The summed E-state index contributed by atoms with van der Waals surface area (Å²) in [6.07, 6.45) is 0. The van der Waals surface area contributed by atoms with Gasteiger partial charge in [0.25, 0.3) is 5.91 Å². The van der Waals surface area contributed by atoms with Crippen molar-refractivity contribution >= 4 is 11.6 Å². The predicted octanol–water partition coefficient (Wildman–Crippen LogP) is 2.51. The standard InChI is InChI=1S/C22H20FN5O4/c1-30-16-8-6-15(7-9-16)22-26-25-19-10-11-21(27-28(19)22)31-13-12-24-20(29)14-32-18-5-3-2-4-17(18)23/h2-11H,12-14H2,1H3,(H,24,29). The molecule has 0 saturated heterocycles. The van der Waals surface area contributed by atoms with Crippen LogP contribution < -0.4 is 19.5 Å². The summed E-state index contributed by atoms with van der Waals surface area (Å²) < 4.78 is 31.0. The number of methoxy groups -OCH3 is 1. The molecule has 1 amide bonds. The molecule has 0 fully saturated rings. The minimum Gasteiger partial charge on any atom is -0.497 e. The van der Waals surface area contributed by atoms with Gasteiger partial charge < -0.3 is 19.5 Å². The molecule has 0 atom stereocenters. The first-order valence-corrected chi connectivity index (χ1v) is 9.78. The number of carbonyl (C=O) groups is 1. The number of hydrogen-bond acceptors (Lipinski definition) is 7. The van der Waals surface area contributed by atoms with Gasteiger partial charge in [-0.2, -0.15) is 4.52 Å². The lowest BCUT2D eigenvalue weighted by molar-refractivity contribution is -0.123. The van der Waals surface area contributed by atoms with Crippen molar-refractivity contribution in [3.8, 4) is 28.8 Å². The SMILES string of the molecule is COc1ccc(-c2nnc3ccc(OCCNC(=O)COc4ccccc4F)nn23)cc1. The Hall–Kier alpha value is -4.21. The molecule has 0 bridgehead atoms. The summed E-state index contributed by atoms with van der Waals surface area (Å²) in [5.41, 5.74) is 1.40. The molecule has 9 nitrogen and oxygen atoms in total. The van der Waals surface area contributed by atoms with Crippen molar-refractivity contribution in [2.75, 3.05) is 26.9 Å². The highest BCUT2D eigenvalue weighted by Crippen LogP contribution is 2.21. The summed E-state index contributed by atoms with van der Waals surface area (Å²) in [6.45, 7) is 0.119. The molecule has 0 spiro atoms. The van der Waals surface area contributed by atoms with Gasteiger partial charge in [0, 0.05) is 11.6 Å². The van der Waals surface area contributed by atoms with Crippen molar-refractivity contribution in [3.63, 3.8) is 0 Å². The first-order chi connectivity index (χ1) is 15.6. The molecule has 1 N–H and O–H groups in total. The zero-order valence-corrected chi connectivity index (χ0v) is 17.2. The summed E-state index contributed by atoms with van der Waals surface area (Å²) in [6, 6.07) is 16.7. The van der Waals surface area contributed by atoms with Crippen molar-refractivity contribution < 1.29 is 23.4 Å². The number of fused-ring (bicyclic) bond motifs is 1. The molecule has 2 aromatic heterocycles. The molecular weight excluding hydrogens is 417 g/mol. The minimum atomic E-state index is -0.520. The van der Waals surface area contributed by atoms with E-state index in [1.165, 1.54) is 12.1 Å². The fourth-order valence-electron chi connectivity index (χ4n) is 2.87. The maximum absolute atomic E-state index is 13.5. The normalized spacial score (nSPS) is 10.7. The fraction of sp³-hybridized carbons (Fsp3) is 0.182. The molecular formula is C22H20FN5O4. The molecule has 0 saturated carbocycles. The molecule has 0 aliphatic rings. The van der Waals surface area contributed by atoms with Gasteiger partial charge in [0.2, 0.25) is 5.88 Å². The number of aromatic nitrogens is 4. The lowest BCUT2D eigenvalue weighted by Crippen LogP contribution is -2.32. The van der Waals surface area contributed by atoms with Crippen LogP contribution in [0.15, 0.2) is 60.7 Å². The second-order valence-electron chi connectivity index (χ2n) is 6.61. The van der Waals surface area contributed by atoms with E-state index in [-0.39, 0.29) is 31.4 Å². The fourth-order valence-corrected chi connectivity index (χ4v) is 2.87. The lowest BCUT2D eigenvalue weighted by Gasteiger charge is -2.09. The Balaban J connectivity index is 1.30. The van der Waals surface area contributed by atoms with E-state index in [1.807, 2.05) is 24.3 Å². The molecule has 4 aromatic rings. The number of hydrogen-bond donors (Lipinski definition) is 1. The van der Waals surface area contributed by atoms with Crippen LogP contribution in [0.2, 0.25) is 0 Å². The Labute approximate surface area is 182 Å². The van der Waals surface area contributed by atoms with Gasteiger partial charge in [-0.25, -0.2) is 4.39 Å². The Morgan fingerprint density at radius 2 is 1.84 bits per heavy atom. The van der Waals surface area contributed by atoms with Crippen molar-refractivity contribution in [1.29, 1.82) is 0 Å². The number of ether oxygens (including phenoxy) is 3. The maximum atomic E-state index is 13.5. The Morgan fingerprint density at radius 1 is 1.03 bits per heavy atom. The van der Waals surface area contributed by atoms with Crippen LogP contribution >= 0.6 is 0 Å². The summed E-state index contributed by atoms with van der Waals surface area (Å²) in [5, 5.41) is 15.4. The van der Waals surface area contributed by atoms with E-state index >= 15 is 0 Å². The molecule has 2 aromatic carbocycles. The third-order valence-electron chi connectivity index (χ3n) is 4.46. The average molecular weight is 437 g/mol. The summed E-state index contributed by atoms with van der Waals surface area (Å²) in [5.74, 6) is 0.767. The summed E-state index contributed by atoms with van der Waals surface area (Å²) in [7, 11) is 1.60. The first kappa shape index (κ1) is 21.0. The van der Waals surface area contributed by atoms with E-state index in [9.17, 15) is 9.18 Å². The average Bonchev–Trinajstić information content (AvgIpc) is 3.24. The smallest absolute Gasteiger partial charge is 0.258 e. The van der Waals surface area contributed by atoms with E-state index in [2.05, 4.69) is 20.6 Å². The van der Waals surface area contributed by atoms with E-state index in [4.69, 9.17) is 14.2 Å². The number of benzene rings is 2. The third-order valence-corrected chi connectivity index (χ3v) is 4.46. The quantitative estimate of drug-likeness (QED) is 0.402. The molecule has 0 radical (unpaired) electrons. The zero-order chi connectivity index (χ0) is 22.3. The molecule has 4 rings (SSSR count). The van der Waals surface area contributed by atoms with Gasteiger partial charge in [-0.3, -0.25) is 4.79 Å². The minimum absolute atomic E-state index is 0.0259. The Morgan fingerprint density at radius 3 is 2.62 bits per heavy atom. The Kier molecular flexibility index (Phi) is 6.40. The van der Waals surface area contributed by atoms with Crippen molar-refractivity contribution in [3.05, 3.63) is 66.5 Å². The number of halogens is 1. The van der Waals surface area contributed by atoms with Crippen molar-refractivity contribution in [2.45, 2.75) is 0 Å². The maximum Gasteiger partial charge on any atom is 0.258 e. The largest absolute Gasteiger partial charge is 0.497 e. The second kappa shape index (κ2) is 9.73. The molecule has 32 heavy (non-hydrogen) atoms. The van der Waals surface area contributed by atoms with Gasteiger partial charge in [0.1, 0.15) is 12.4 Å². The number of para-hydroxylation sites is 1. The Bertz CT molecular complexity index is 1210. The zero-order valence-electron chi connectivity index (χ0n) is 17.2. The number of rotatable bonds is 9. The number of carbonyl (C=O) groups excluding carboxylic acids is 1. The highest BCUT2D eigenvalue weighted by molar-refractivity contribution is 5.77. The van der Waals surface area contributed by atoms with Gasteiger partial charge >= 0.3 is 0 Å². The molecule has 0 aliphatic heterocycles. The van der Waals surface area contributed by atoms with Gasteiger partial charge in [0.05, 0.1) is 13.7 Å². The van der Waals surface area contributed by atoms with Crippen molar-refractivity contribution in [2.24, 2.45) is 0 Å². The van der Waals surface area contributed by atoms with Crippen LogP contribution in [0.3, 0.4) is 0 Å². The number of nitrogens with one attached hydrogen (secondary N) is 1. The first-order valence-electron chi connectivity index (χ1n) is 9.78. The topological polar surface area (TPSA) is 99.9 Å². The van der Waals surface area contributed by atoms with Crippen LogP contribution in [-0.2, 0) is 4.79 Å². The molecule has 0 aliphatic carbocycles. The van der Waals surface area contributed by atoms with Gasteiger partial charge in [-0.15, -0.1) is 15.3 Å². The van der Waals surface area contributed by atoms with E-state index in [1.54, 1.807) is 35.9 Å². The van der Waals surface area contributed by atoms with Crippen LogP contribution in [0.25, 0.3) is 17.0 Å². The van der Waals surface area contributed by atoms with Gasteiger partial charge in [-0.05, 0) is 42.5 Å². The van der Waals surface area contributed by atoms with Gasteiger partial charge in [0.15, 0.2) is 29.6 Å². The van der Waals surface area contributed by atoms with E-state index in [0.717, 1.165) is 11.3 Å². The van der Waals surface area contributed by atoms with Gasteiger partial charge in [-0.1, -0.05) is 12.1 Å². The highest BCUT2D eigenvalue weighted by atomic mass is 19.1. The lowest BCUT2D eigenvalue weighted by atomic mass is 10.2. The number of nitrogens with zero attached hydrogens (tertiary/aromatic N) is 4. The third kappa shape index (κ3) is 4.91. The van der Waals surface area contributed by atoms with Crippen molar-refractivity contribution in [1.82, 2.24) is 25.1 Å². The van der Waals surface area contributed by atoms with Crippen LogP contribution in [-0.4, -0.2) is 52.6 Å². The van der Waals surface area contributed by atoms with Crippen LogP contribution in [0.4, 0.5) is 4.39 Å². The molecule has 164 valence electrons. The monoisotopic (exact) mass is 437 g/mol. The molecule has 0 unspecified atom stereocenters. The van der Waals surface area contributed by atoms with E-state index < -0.39 is 5.82 Å².